The predicted molar refractivity (Wildman–Crippen MR) is 73.3 cm³/mol. The Balaban J connectivity index is 1.50. The Labute approximate surface area is 110 Å². The molecule has 0 aromatic heterocycles. The number of nitrogens with zero attached hydrogens (tertiary/aromatic N) is 1. The van der Waals surface area contributed by atoms with E-state index in [0.717, 1.165) is 32.4 Å². The van der Waals surface area contributed by atoms with Crippen molar-refractivity contribution < 1.29 is 4.79 Å². The van der Waals surface area contributed by atoms with Crippen molar-refractivity contribution in [3.05, 3.63) is 0 Å². The first-order chi connectivity index (χ1) is 8.68. The summed E-state index contributed by atoms with van der Waals surface area (Å²) in [5.41, 5.74) is 5.87. The molecule has 0 aromatic carbocycles. The van der Waals surface area contributed by atoms with Gasteiger partial charge in [0.2, 0.25) is 5.91 Å². The zero-order valence-electron chi connectivity index (χ0n) is 11.4. The first-order valence-corrected chi connectivity index (χ1v) is 7.46. The van der Waals surface area contributed by atoms with Crippen molar-refractivity contribution in [2.24, 2.45) is 5.73 Å². The highest BCUT2D eigenvalue weighted by atomic mass is 16.1. The number of likely N-dealkylation sites (tertiary alicyclic amines) is 1. The van der Waals surface area contributed by atoms with Gasteiger partial charge < -0.3 is 16.0 Å². The van der Waals surface area contributed by atoms with Crippen LogP contribution in [0.2, 0.25) is 0 Å². The molecule has 0 atom stereocenters. The summed E-state index contributed by atoms with van der Waals surface area (Å²) in [7, 11) is 0. The summed E-state index contributed by atoms with van der Waals surface area (Å²) >= 11 is 0. The van der Waals surface area contributed by atoms with E-state index >= 15 is 0 Å². The van der Waals surface area contributed by atoms with Crippen LogP contribution in [-0.4, -0.2) is 42.5 Å². The maximum atomic E-state index is 11.7. The van der Waals surface area contributed by atoms with Gasteiger partial charge in [0.15, 0.2) is 0 Å². The van der Waals surface area contributed by atoms with Gasteiger partial charge in [-0.15, -0.1) is 0 Å². The molecule has 1 amide bonds. The molecule has 4 nitrogen and oxygen atoms in total. The summed E-state index contributed by atoms with van der Waals surface area (Å²) in [4.78, 5) is 14.2. The van der Waals surface area contributed by atoms with E-state index in [1.54, 1.807) is 0 Å². The van der Waals surface area contributed by atoms with E-state index in [9.17, 15) is 4.79 Å². The minimum Gasteiger partial charge on any atom is -0.356 e. The zero-order valence-corrected chi connectivity index (χ0v) is 11.4. The number of amides is 1. The fraction of sp³-hybridized carbons (Fsp3) is 0.929. The molecule has 2 fully saturated rings. The van der Waals surface area contributed by atoms with Crippen LogP contribution < -0.4 is 11.1 Å². The second-order valence-corrected chi connectivity index (χ2v) is 6.00. The standard InChI is InChI=1S/C14H27N3O/c15-14(6-4-7-14)12-13(18)16-8-5-11-17-9-2-1-3-10-17/h1-12,15H2,(H,16,18). The van der Waals surface area contributed by atoms with Gasteiger partial charge in [-0.25, -0.2) is 0 Å². The number of rotatable bonds is 6. The van der Waals surface area contributed by atoms with Crippen molar-refractivity contribution >= 4 is 5.91 Å². The highest BCUT2D eigenvalue weighted by molar-refractivity contribution is 5.77. The molecule has 0 radical (unpaired) electrons. The molecule has 2 aliphatic rings. The predicted octanol–water partition coefficient (Wildman–Crippen LogP) is 1.25. The van der Waals surface area contributed by atoms with Crippen LogP contribution in [0.25, 0.3) is 0 Å². The largest absolute Gasteiger partial charge is 0.356 e. The van der Waals surface area contributed by atoms with Crippen LogP contribution in [0.4, 0.5) is 0 Å². The zero-order chi connectivity index (χ0) is 12.8. The summed E-state index contributed by atoms with van der Waals surface area (Å²) in [6, 6.07) is 0. The van der Waals surface area contributed by atoms with Gasteiger partial charge in [-0.05, 0) is 58.2 Å². The third-order valence-electron chi connectivity index (χ3n) is 4.28. The SMILES string of the molecule is NC1(CC(=O)NCCCN2CCCCC2)CCC1. The average Bonchev–Trinajstić information content (AvgIpc) is 2.34. The smallest absolute Gasteiger partial charge is 0.221 e. The van der Waals surface area contributed by atoms with E-state index in [1.165, 1.54) is 38.8 Å². The first kappa shape index (κ1) is 13.8. The summed E-state index contributed by atoms with van der Waals surface area (Å²) in [5, 5.41) is 3.00. The van der Waals surface area contributed by atoms with Gasteiger partial charge in [-0.1, -0.05) is 6.42 Å². The van der Waals surface area contributed by atoms with Crippen molar-refractivity contribution in [3.63, 3.8) is 0 Å². The Kier molecular flexibility index (Phi) is 5.01. The maximum absolute atomic E-state index is 11.7. The minimum absolute atomic E-state index is 0.135. The molecule has 18 heavy (non-hydrogen) atoms. The Hall–Kier alpha value is -0.610. The van der Waals surface area contributed by atoms with Crippen LogP contribution in [0.3, 0.4) is 0 Å². The van der Waals surface area contributed by atoms with Gasteiger partial charge in [-0.3, -0.25) is 4.79 Å². The molecular weight excluding hydrogens is 226 g/mol. The molecule has 1 saturated carbocycles. The van der Waals surface area contributed by atoms with Gasteiger partial charge >= 0.3 is 0 Å². The highest BCUT2D eigenvalue weighted by Gasteiger charge is 2.34. The number of hydrogen-bond acceptors (Lipinski definition) is 3. The second kappa shape index (κ2) is 6.53. The first-order valence-electron chi connectivity index (χ1n) is 7.46. The second-order valence-electron chi connectivity index (χ2n) is 6.00. The number of carbonyl (C=O) groups excluding carboxylic acids is 1. The Morgan fingerprint density at radius 3 is 2.50 bits per heavy atom. The fourth-order valence-corrected chi connectivity index (χ4v) is 2.90. The molecule has 1 saturated heterocycles. The van der Waals surface area contributed by atoms with E-state index in [2.05, 4.69) is 10.2 Å². The third kappa shape index (κ3) is 4.25. The van der Waals surface area contributed by atoms with Crippen LogP contribution in [0.15, 0.2) is 0 Å². The molecule has 0 bridgehead atoms. The minimum atomic E-state index is -0.184. The molecule has 1 aliphatic carbocycles. The summed E-state index contributed by atoms with van der Waals surface area (Å²) in [6.07, 6.45) is 8.82. The van der Waals surface area contributed by atoms with E-state index in [-0.39, 0.29) is 11.4 Å². The van der Waals surface area contributed by atoms with Crippen molar-refractivity contribution in [3.8, 4) is 0 Å². The normalized spacial score (nSPS) is 23.4. The van der Waals surface area contributed by atoms with Crippen LogP contribution >= 0.6 is 0 Å². The van der Waals surface area contributed by atoms with Crippen LogP contribution in [0, 0.1) is 0 Å². The number of piperidine rings is 1. The lowest BCUT2D eigenvalue weighted by Gasteiger charge is -2.37. The van der Waals surface area contributed by atoms with Crippen LogP contribution in [0.1, 0.15) is 51.4 Å². The maximum Gasteiger partial charge on any atom is 0.221 e. The fourth-order valence-electron chi connectivity index (χ4n) is 2.90. The molecule has 2 rings (SSSR count). The lowest BCUT2D eigenvalue weighted by molar-refractivity contribution is -0.123. The Morgan fingerprint density at radius 1 is 1.17 bits per heavy atom. The molecule has 1 heterocycles. The summed E-state index contributed by atoms with van der Waals surface area (Å²) in [6.45, 7) is 4.39. The molecule has 1 aliphatic heterocycles. The van der Waals surface area contributed by atoms with Crippen LogP contribution in [0.5, 0.6) is 0 Å². The summed E-state index contributed by atoms with van der Waals surface area (Å²) < 4.78 is 0. The number of nitrogens with one attached hydrogen (secondary N) is 1. The quantitative estimate of drug-likeness (QED) is 0.700. The van der Waals surface area contributed by atoms with Crippen molar-refractivity contribution in [2.45, 2.75) is 56.9 Å². The van der Waals surface area contributed by atoms with Gasteiger partial charge in [0.1, 0.15) is 0 Å². The molecule has 0 aromatic rings. The average molecular weight is 253 g/mol. The molecule has 0 unspecified atom stereocenters. The lowest BCUT2D eigenvalue weighted by atomic mass is 9.75. The van der Waals surface area contributed by atoms with Gasteiger partial charge in [0.05, 0.1) is 0 Å². The highest BCUT2D eigenvalue weighted by Crippen LogP contribution is 2.31. The molecule has 3 N–H and O–H groups in total. The molecule has 4 heteroatoms. The van der Waals surface area contributed by atoms with Crippen molar-refractivity contribution in [1.29, 1.82) is 0 Å². The lowest BCUT2D eigenvalue weighted by Crippen LogP contribution is -2.50. The monoisotopic (exact) mass is 253 g/mol. The van der Waals surface area contributed by atoms with Gasteiger partial charge in [0.25, 0.3) is 0 Å². The molecular formula is C14H27N3O. The third-order valence-corrected chi connectivity index (χ3v) is 4.28. The van der Waals surface area contributed by atoms with Gasteiger partial charge in [-0.2, -0.15) is 0 Å². The van der Waals surface area contributed by atoms with E-state index in [4.69, 9.17) is 5.73 Å². The summed E-state index contributed by atoms with van der Waals surface area (Å²) in [5.74, 6) is 0.135. The topological polar surface area (TPSA) is 58.4 Å². The van der Waals surface area contributed by atoms with Crippen LogP contribution in [-0.2, 0) is 4.79 Å². The molecule has 0 spiro atoms. The number of carbonyl (C=O) groups is 1. The Bertz CT molecular complexity index is 270. The van der Waals surface area contributed by atoms with Gasteiger partial charge in [0, 0.05) is 18.5 Å². The number of hydrogen-bond donors (Lipinski definition) is 2. The van der Waals surface area contributed by atoms with Crippen molar-refractivity contribution in [1.82, 2.24) is 10.2 Å². The van der Waals surface area contributed by atoms with E-state index < -0.39 is 0 Å². The van der Waals surface area contributed by atoms with Crippen molar-refractivity contribution in [2.75, 3.05) is 26.2 Å². The van der Waals surface area contributed by atoms with E-state index in [1.807, 2.05) is 0 Å². The Morgan fingerprint density at radius 2 is 1.89 bits per heavy atom. The number of nitrogens with two attached hydrogens (primary N) is 1. The molecule has 104 valence electrons. The van der Waals surface area contributed by atoms with E-state index in [0.29, 0.717) is 6.42 Å².